The van der Waals surface area contributed by atoms with Gasteiger partial charge in [0.15, 0.2) is 0 Å². The molecular formula is C14H16F12N2O. The van der Waals surface area contributed by atoms with E-state index in [-0.39, 0.29) is 4.90 Å². The molecule has 4 atom stereocenters. The molecular weight excluding hydrogens is 440 g/mol. The number of hydrogen-bond acceptors (Lipinski definition) is 3. The van der Waals surface area contributed by atoms with Gasteiger partial charge in [-0.3, -0.25) is 4.90 Å². The summed E-state index contributed by atoms with van der Waals surface area (Å²) in [5.74, 6) is -9.69. The Bertz CT molecular complexity index is 558. The van der Waals surface area contributed by atoms with Crippen molar-refractivity contribution in [1.82, 2.24) is 9.80 Å². The van der Waals surface area contributed by atoms with E-state index >= 15 is 0 Å². The first-order valence-corrected chi connectivity index (χ1v) is 8.30. The first-order chi connectivity index (χ1) is 13.0. The van der Waals surface area contributed by atoms with Gasteiger partial charge in [0, 0.05) is 26.2 Å². The third-order valence-electron chi connectivity index (χ3n) is 4.81. The fourth-order valence-corrected chi connectivity index (χ4v) is 3.18. The number of piperazine rings is 1. The van der Waals surface area contributed by atoms with Gasteiger partial charge in [-0.05, 0) is 12.8 Å². The van der Waals surface area contributed by atoms with Gasteiger partial charge in [0.25, 0.3) is 6.17 Å². The third-order valence-corrected chi connectivity index (χ3v) is 4.81. The van der Waals surface area contributed by atoms with E-state index in [2.05, 4.69) is 4.74 Å². The highest BCUT2D eigenvalue weighted by Gasteiger charge is 2.65. The maximum absolute atomic E-state index is 14.3. The molecule has 2 saturated heterocycles. The molecule has 0 bridgehead atoms. The van der Waals surface area contributed by atoms with Crippen LogP contribution in [0.5, 0.6) is 0 Å². The molecule has 172 valence electrons. The highest BCUT2D eigenvalue weighted by Crippen LogP contribution is 2.45. The zero-order valence-corrected chi connectivity index (χ0v) is 14.4. The van der Waals surface area contributed by atoms with Crippen LogP contribution in [0.4, 0.5) is 52.7 Å². The van der Waals surface area contributed by atoms with E-state index < -0.39 is 88.0 Å². The summed E-state index contributed by atoms with van der Waals surface area (Å²) in [4.78, 5) is 0.320. The Hall–Kier alpha value is -0.960. The summed E-state index contributed by atoms with van der Waals surface area (Å²) in [6.45, 7) is -3.16. The lowest BCUT2D eigenvalue weighted by Gasteiger charge is -2.40. The topological polar surface area (TPSA) is 15.7 Å². The highest BCUT2D eigenvalue weighted by molar-refractivity contribution is 4.98. The summed E-state index contributed by atoms with van der Waals surface area (Å²) in [6.07, 6.45) is -26.1. The molecule has 0 spiro atoms. The summed E-state index contributed by atoms with van der Waals surface area (Å²) < 4.78 is 161. The van der Waals surface area contributed by atoms with Crippen LogP contribution in [0.15, 0.2) is 0 Å². The van der Waals surface area contributed by atoms with Crippen molar-refractivity contribution < 1.29 is 57.4 Å². The van der Waals surface area contributed by atoms with Gasteiger partial charge in [0.05, 0.1) is 0 Å². The number of ether oxygens (including phenoxy) is 1. The van der Waals surface area contributed by atoms with E-state index in [0.29, 0.717) is 4.90 Å². The van der Waals surface area contributed by atoms with Gasteiger partial charge in [-0.25, -0.2) is 22.5 Å². The van der Waals surface area contributed by atoms with Crippen molar-refractivity contribution in [2.24, 2.45) is 0 Å². The molecule has 0 aromatic carbocycles. The molecule has 0 saturated carbocycles. The van der Waals surface area contributed by atoms with Crippen LogP contribution in [-0.2, 0) is 4.74 Å². The predicted octanol–water partition coefficient (Wildman–Crippen LogP) is 4.14. The van der Waals surface area contributed by atoms with Crippen LogP contribution in [0.1, 0.15) is 12.8 Å². The van der Waals surface area contributed by atoms with Gasteiger partial charge < -0.3 is 4.74 Å². The standard InChI is InChI=1S/C14H16F12N2O/c15-9(13(21,22)23)11(17,18)7-1-2-8(29-7)12(19,20)10(16)27-3-5-28(6-4-27)14(24,25)26/h7-10H,1-6H2. The van der Waals surface area contributed by atoms with Crippen LogP contribution in [0.3, 0.4) is 0 Å². The summed E-state index contributed by atoms with van der Waals surface area (Å²) in [5, 5.41) is 0. The van der Waals surface area contributed by atoms with E-state index in [4.69, 9.17) is 0 Å². The Morgan fingerprint density at radius 2 is 1.14 bits per heavy atom. The molecule has 0 aromatic heterocycles. The van der Waals surface area contributed by atoms with Gasteiger partial charge in [0.2, 0.25) is 6.30 Å². The summed E-state index contributed by atoms with van der Waals surface area (Å²) >= 11 is 0. The fraction of sp³-hybridized carbons (Fsp3) is 1.00. The molecule has 15 heteroatoms. The van der Waals surface area contributed by atoms with Gasteiger partial charge in [-0.2, -0.15) is 35.1 Å². The lowest BCUT2D eigenvalue weighted by Crippen LogP contribution is -2.59. The molecule has 29 heavy (non-hydrogen) atoms. The van der Waals surface area contributed by atoms with Crippen LogP contribution < -0.4 is 0 Å². The molecule has 2 aliphatic rings. The Labute approximate surface area is 156 Å². The van der Waals surface area contributed by atoms with Crippen LogP contribution in [-0.4, -0.2) is 85.0 Å². The number of rotatable bonds is 5. The van der Waals surface area contributed by atoms with E-state index in [0.717, 1.165) is 0 Å². The predicted molar refractivity (Wildman–Crippen MR) is 72.8 cm³/mol. The summed E-state index contributed by atoms with van der Waals surface area (Å²) in [6, 6.07) is 0. The Morgan fingerprint density at radius 1 is 0.690 bits per heavy atom. The van der Waals surface area contributed by atoms with Crippen LogP contribution in [0.25, 0.3) is 0 Å². The average molecular weight is 456 g/mol. The van der Waals surface area contributed by atoms with Crippen molar-refractivity contribution in [2.45, 2.75) is 61.8 Å². The number of nitrogens with zero attached hydrogens (tertiary/aromatic N) is 2. The molecule has 0 amide bonds. The van der Waals surface area contributed by atoms with Crippen LogP contribution in [0, 0.1) is 0 Å². The van der Waals surface area contributed by atoms with Crippen molar-refractivity contribution in [1.29, 1.82) is 0 Å². The monoisotopic (exact) mass is 456 g/mol. The van der Waals surface area contributed by atoms with Crippen LogP contribution >= 0.6 is 0 Å². The molecule has 3 nitrogen and oxygen atoms in total. The van der Waals surface area contributed by atoms with Crippen molar-refractivity contribution in [3.63, 3.8) is 0 Å². The molecule has 0 radical (unpaired) electrons. The van der Waals surface area contributed by atoms with Crippen molar-refractivity contribution >= 4 is 0 Å². The number of halogens is 12. The maximum atomic E-state index is 14.3. The first-order valence-electron chi connectivity index (χ1n) is 8.30. The highest BCUT2D eigenvalue weighted by atomic mass is 19.4. The molecule has 2 aliphatic heterocycles. The van der Waals surface area contributed by atoms with E-state index in [9.17, 15) is 52.7 Å². The minimum Gasteiger partial charge on any atom is -0.362 e. The Balaban J connectivity index is 2.01. The van der Waals surface area contributed by atoms with E-state index in [1.165, 1.54) is 0 Å². The minimum absolute atomic E-state index is 0.0322. The van der Waals surface area contributed by atoms with Crippen molar-refractivity contribution in [3.05, 3.63) is 0 Å². The first kappa shape index (κ1) is 24.3. The summed E-state index contributed by atoms with van der Waals surface area (Å²) in [7, 11) is 0. The second kappa shape index (κ2) is 7.94. The van der Waals surface area contributed by atoms with Crippen molar-refractivity contribution in [2.75, 3.05) is 26.2 Å². The molecule has 2 heterocycles. The SMILES string of the molecule is FC(N1CCN(C(F)(F)F)CC1)C(F)(F)C1CCC(C(F)(F)C(F)C(F)(F)F)O1. The number of hydrogen-bond donors (Lipinski definition) is 0. The zero-order valence-electron chi connectivity index (χ0n) is 14.4. The largest absolute Gasteiger partial charge is 0.460 e. The van der Waals surface area contributed by atoms with Crippen molar-refractivity contribution in [3.8, 4) is 0 Å². The Kier molecular flexibility index (Phi) is 6.66. The van der Waals surface area contributed by atoms with E-state index in [1.54, 1.807) is 0 Å². The molecule has 4 unspecified atom stereocenters. The van der Waals surface area contributed by atoms with Gasteiger partial charge in [0.1, 0.15) is 12.2 Å². The Morgan fingerprint density at radius 3 is 1.55 bits per heavy atom. The second-order valence-electron chi connectivity index (χ2n) is 6.77. The number of alkyl halides is 12. The summed E-state index contributed by atoms with van der Waals surface area (Å²) in [5.41, 5.74) is 0. The van der Waals surface area contributed by atoms with Gasteiger partial charge in [-0.1, -0.05) is 0 Å². The smallest absolute Gasteiger partial charge is 0.362 e. The lowest BCUT2D eigenvalue weighted by molar-refractivity contribution is -0.284. The third kappa shape index (κ3) is 5.03. The fourth-order valence-electron chi connectivity index (χ4n) is 3.18. The minimum atomic E-state index is -5.96. The normalized spacial score (nSPS) is 28.6. The molecule has 0 N–H and O–H groups in total. The molecule has 0 aromatic rings. The van der Waals surface area contributed by atoms with Crippen LogP contribution in [0.2, 0.25) is 0 Å². The molecule has 2 rings (SSSR count). The molecule has 2 fully saturated rings. The lowest BCUT2D eigenvalue weighted by atomic mass is 10.0. The van der Waals surface area contributed by atoms with Gasteiger partial charge in [-0.15, -0.1) is 0 Å². The van der Waals surface area contributed by atoms with Gasteiger partial charge >= 0.3 is 24.3 Å². The maximum Gasteiger partial charge on any atom is 0.460 e. The second-order valence-corrected chi connectivity index (χ2v) is 6.77. The average Bonchev–Trinajstić information content (AvgIpc) is 3.10. The zero-order chi connectivity index (χ0) is 22.4. The molecule has 0 aliphatic carbocycles. The quantitative estimate of drug-likeness (QED) is 0.457. The van der Waals surface area contributed by atoms with E-state index in [1.807, 2.05) is 0 Å².